The van der Waals surface area contributed by atoms with Crippen molar-refractivity contribution < 1.29 is 4.74 Å². The summed E-state index contributed by atoms with van der Waals surface area (Å²) in [6, 6.07) is 12.4. The summed E-state index contributed by atoms with van der Waals surface area (Å²) in [5.41, 5.74) is 6.84. The fraction of sp³-hybridized carbons (Fsp3) is 0.227. The number of pyridine rings is 1. The first kappa shape index (κ1) is 17.9. The van der Waals surface area contributed by atoms with Crippen molar-refractivity contribution in [2.75, 3.05) is 7.11 Å². The number of hydrogen-bond acceptors (Lipinski definition) is 6. The van der Waals surface area contributed by atoms with E-state index in [4.69, 9.17) is 15.0 Å². The molecule has 1 unspecified atom stereocenters. The molecule has 0 bridgehead atoms. The van der Waals surface area contributed by atoms with Crippen LogP contribution in [-0.4, -0.2) is 32.1 Å². The molecule has 3 aromatic heterocycles. The Bertz CT molecular complexity index is 1350. The number of hydrogen-bond donors (Lipinski definition) is 1. The molecule has 146 valence electrons. The molecule has 8 nitrogen and oxygen atoms in total. The predicted octanol–water partition coefficient (Wildman–Crippen LogP) is 3.57. The minimum atomic E-state index is -0.0786. The molecule has 0 spiro atoms. The van der Waals surface area contributed by atoms with E-state index in [1.807, 2.05) is 24.3 Å². The van der Waals surface area contributed by atoms with Crippen LogP contribution in [0.5, 0.6) is 5.75 Å². The number of nitriles is 2. The highest BCUT2D eigenvalue weighted by Gasteiger charge is 2.27. The number of benzene rings is 1. The summed E-state index contributed by atoms with van der Waals surface area (Å²) in [4.78, 5) is 4.93. The third-order valence-electron chi connectivity index (χ3n) is 5.54. The highest BCUT2D eigenvalue weighted by molar-refractivity contribution is 5.92. The Balaban J connectivity index is 1.69. The number of aromatic amines is 1. The minimum Gasteiger partial charge on any atom is -0.494 e. The summed E-state index contributed by atoms with van der Waals surface area (Å²) in [6.07, 6.45) is 5.12. The van der Waals surface area contributed by atoms with Crippen LogP contribution in [-0.2, 0) is 13.0 Å². The second-order valence-electron chi connectivity index (χ2n) is 7.19. The first-order valence-corrected chi connectivity index (χ1v) is 9.58. The Morgan fingerprint density at radius 1 is 1.30 bits per heavy atom. The van der Waals surface area contributed by atoms with Gasteiger partial charge in [-0.3, -0.25) is 9.78 Å². The van der Waals surface area contributed by atoms with E-state index in [1.165, 1.54) is 0 Å². The molecule has 0 fully saturated rings. The SMILES string of the molecule is COc1cc2[nH]nc(-c3cnn(CC#N)c3)c2nc1-c1cccc2c1CCC2C#N. The Morgan fingerprint density at radius 2 is 2.20 bits per heavy atom. The molecule has 0 aliphatic heterocycles. The van der Waals surface area contributed by atoms with Gasteiger partial charge in [-0.2, -0.15) is 20.7 Å². The summed E-state index contributed by atoms with van der Waals surface area (Å²) >= 11 is 0. The summed E-state index contributed by atoms with van der Waals surface area (Å²) in [6.45, 7) is 0.172. The zero-order valence-electron chi connectivity index (χ0n) is 16.3. The van der Waals surface area contributed by atoms with Gasteiger partial charge in [-0.15, -0.1) is 0 Å². The van der Waals surface area contributed by atoms with Crippen molar-refractivity contribution in [2.45, 2.75) is 25.3 Å². The lowest BCUT2D eigenvalue weighted by Gasteiger charge is -2.12. The van der Waals surface area contributed by atoms with Gasteiger partial charge in [0.1, 0.15) is 29.2 Å². The number of nitrogens with zero attached hydrogens (tertiary/aromatic N) is 6. The molecule has 5 rings (SSSR count). The van der Waals surface area contributed by atoms with Crippen LogP contribution in [0.4, 0.5) is 0 Å². The van der Waals surface area contributed by atoms with E-state index >= 15 is 0 Å². The zero-order valence-corrected chi connectivity index (χ0v) is 16.3. The normalized spacial score (nSPS) is 15.0. The Labute approximate surface area is 172 Å². The van der Waals surface area contributed by atoms with Gasteiger partial charge in [-0.05, 0) is 24.0 Å². The average Bonchev–Trinajstić information content (AvgIpc) is 3.50. The van der Waals surface area contributed by atoms with Crippen LogP contribution >= 0.6 is 0 Å². The van der Waals surface area contributed by atoms with E-state index in [9.17, 15) is 5.26 Å². The van der Waals surface area contributed by atoms with E-state index in [2.05, 4.69) is 27.4 Å². The van der Waals surface area contributed by atoms with Crippen LogP contribution in [0.3, 0.4) is 0 Å². The van der Waals surface area contributed by atoms with Gasteiger partial charge in [-0.25, -0.2) is 4.98 Å². The second kappa shape index (κ2) is 7.02. The van der Waals surface area contributed by atoms with E-state index in [0.717, 1.165) is 46.3 Å². The van der Waals surface area contributed by atoms with Crippen LogP contribution < -0.4 is 4.74 Å². The molecule has 0 saturated carbocycles. The maximum Gasteiger partial charge on any atom is 0.147 e. The highest BCUT2D eigenvalue weighted by atomic mass is 16.5. The van der Waals surface area contributed by atoms with Crippen molar-refractivity contribution >= 4 is 11.0 Å². The van der Waals surface area contributed by atoms with E-state index in [0.29, 0.717) is 17.0 Å². The predicted molar refractivity (Wildman–Crippen MR) is 109 cm³/mol. The highest BCUT2D eigenvalue weighted by Crippen LogP contribution is 2.41. The molecule has 1 N–H and O–H groups in total. The number of aromatic nitrogens is 5. The average molecular weight is 395 g/mol. The van der Waals surface area contributed by atoms with Crippen molar-refractivity contribution in [1.82, 2.24) is 25.0 Å². The van der Waals surface area contributed by atoms with Gasteiger partial charge in [0.25, 0.3) is 0 Å². The maximum absolute atomic E-state index is 9.46. The number of fused-ring (bicyclic) bond motifs is 2. The van der Waals surface area contributed by atoms with Gasteiger partial charge in [0.15, 0.2) is 0 Å². The van der Waals surface area contributed by atoms with Crippen LogP contribution in [0.25, 0.3) is 33.5 Å². The molecule has 0 saturated heterocycles. The fourth-order valence-electron chi connectivity index (χ4n) is 4.13. The van der Waals surface area contributed by atoms with Crippen molar-refractivity contribution in [2.24, 2.45) is 0 Å². The summed E-state index contributed by atoms with van der Waals surface area (Å²) < 4.78 is 7.21. The molecule has 1 aliphatic carbocycles. The van der Waals surface area contributed by atoms with Gasteiger partial charge in [0, 0.05) is 23.4 Å². The number of ether oxygens (including phenoxy) is 1. The molecule has 1 aromatic carbocycles. The lowest BCUT2D eigenvalue weighted by atomic mass is 9.97. The topological polar surface area (TPSA) is 116 Å². The molecule has 30 heavy (non-hydrogen) atoms. The lowest BCUT2D eigenvalue weighted by Crippen LogP contribution is -1.97. The summed E-state index contributed by atoms with van der Waals surface area (Å²) in [7, 11) is 1.62. The minimum absolute atomic E-state index is 0.0786. The molecule has 4 aromatic rings. The molecule has 1 atom stereocenters. The Morgan fingerprint density at radius 3 is 3.00 bits per heavy atom. The first-order valence-electron chi connectivity index (χ1n) is 9.58. The molecular weight excluding hydrogens is 378 g/mol. The van der Waals surface area contributed by atoms with Crippen LogP contribution in [0.15, 0.2) is 36.7 Å². The quantitative estimate of drug-likeness (QED) is 0.565. The monoisotopic (exact) mass is 395 g/mol. The lowest BCUT2D eigenvalue weighted by molar-refractivity contribution is 0.415. The third kappa shape index (κ3) is 2.70. The molecular formula is C22H17N7O. The van der Waals surface area contributed by atoms with Crippen molar-refractivity contribution in [3.8, 4) is 40.4 Å². The summed E-state index contributed by atoms with van der Waals surface area (Å²) in [5, 5.41) is 30.0. The first-order chi connectivity index (χ1) is 14.7. The number of methoxy groups -OCH3 is 1. The standard InChI is InChI=1S/C22H17N7O/c1-30-19-9-18-22(20(28-27-18)14-11-25-29(12-14)8-7-23)26-21(19)17-4-2-3-15-13(10-24)5-6-16(15)17/h2-4,9,11-13H,5-6,8H2,1H3,(H,27,28). The molecule has 1 aliphatic rings. The fourth-order valence-corrected chi connectivity index (χ4v) is 4.13. The summed E-state index contributed by atoms with van der Waals surface area (Å²) in [5.74, 6) is 0.566. The van der Waals surface area contributed by atoms with Crippen molar-refractivity contribution in [1.29, 1.82) is 10.5 Å². The molecule has 0 radical (unpaired) electrons. The van der Waals surface area contributed by atoms with Gasteiger partial charge in [0.05, 0.1) is 36.9 Å². The second-order valence-corrected chi connectivity index (χ2v) is 7.19. The van der Waals surface area contributed by atoms with Gasteiger partial charge in [-0.1, -0.05) is 18.2 Å². The van der Waals surface area contributed by atoms with Crippen molar-refractivity contribution in [3.63, 3.8) is 0 Å². The molecule has 8 heteroatoms. The van der Waals surface area contributed by atoms with Crippen LogP contribution in [0.2, 0.25) is 0 Å². The Hall–Kier alpha value is -4.17. The van der Waals surface area contributed by atoms with Gasteiger partial charge in [0.2, 0.25) is 0 Å². The van der Waals surface area contributed by atoms with Gasteiger partial charge < -0.3 is 4.74 Å². The smallest absolute Gasteiger partial charge is 0.147 e. The van der Waals surface area contributed by atoms with E-state index in [1.54, 1.807) is 24.2 Å². The third-order valence-corrected chi connectivity index (χ3v) is 5.54. The Kier molecular flexibility index (Phi) is 4.19. The molecule has 3 heterocycles. The van der Waals surface area contributed by atoms with E-state index < -0.39 is 0 Å². The van der Waals surface area contributed by atoms with Gasteiger partial charge >= 0.3 is 0 Å². The largest absolute Gasteiger partial charge is 0.494 e. The zero-order chi connectivity index (χ0) is 20.7. The number of nitrogens with one attached hydrogen (secondary N) is 1. The van der Waals surface area contributed by atoms with Crippen molar-refractivity contribution in [3.05, 3.63) is 47.8 Å². The molecule has 0 amide bonds. The maximum atomic E-state index is 9.46. The number of H-pyrrole nitrogens is 1. The van der Waals surface area contributed by atoms with E-state index in [-0.39, 0.29) is 12.5 Å². The van der Waals surface area contributed by atoms with Crippen LogP contribution in [0, 0.1) is 22.7 Å². The van der Waals surface area contributed by atoms with Crippen LogP contribution in [0.1, 0.15) is 23.5 Å². The number of rotatable bonds is 4.